The standard InChI is InChI=1S/C15H29N3O3/c1-2-16-13(17-9-14(11-20)3-4-14)18-10-15(5-7-19)6-8-21-12-15/h19-20H,2-12H2,1H3,(H2,16,17,18). The number of hydrogen-bond acceptors (Lipinski definition) is 4. The maximum Gasteiger partial charge on any atom is 0.191 e. The average Bonchev–Trinajstić information content (AvgIpc) is 3.14. The maximum absolute atomic E-state index is 9.36. The molecule has 1 aliphatic carbocycles. The molecule has 1 saturated carbocycles. The predicted molar refractivity (Wildman–Crippen MR) is 82.3 cm³/mol. The third kappa shape index (κ3) is 4.56. The van der Waals surface area contributed by atoms with Gasteiger partial charge in [0.15, 0.2) is 5.96 Å². The van der Waals surface area contributed by atoms with Crippen LogP contribution >= 0.6 is 0 Å². The number of aliphatic hydroxyl groups excluding tert-OH is 2. The zero-order valence-corrected chi connectivity index (χ0v) is 13.0. The van der Waals surface area contributed by atoms with Crippen LogP contribution in [0.4, 0.5) is 0 Å². The molecule has 1 unspecified atom stereocenters. The van der Waals surface area contributed by atoms with E-state index in [1.807, 2.05) is 6.92 Å². The Bertz CT molecular complexity index is 350. The van der Waals surface area contributed by atoms with Crippen LogP contribution in [0.1, 0.15) is 32.6 Å². The lowest BCUT2D eigenvalue weighted by atomic mass is 9.84. The molecule has 4 N–H and O–H groups in total. The van der Waals surface area contributed by atoms with E-state index >= 15 is 0 Å². The van der Waals surface area contributed by atoms with Crippen molar-refractivity contribution in [3.8, 4) is 0 Å². The number of guanidine groups is 1. The molecule has 1 aliphatic heterocycles. The van der Waals surface area contributed by atoms with Crippen molar-refractivity contribution in [3.05, 3.63) is 0 Å². The van der Waals surface area contributed by atoms with Crippen molar-refractivity contribution < 1.29 is 14.9 Å². The molecule has 6 heteroatoms. The fourth-order valence-electron chi connectivity index (χ4n) is 2.71. The molecule has 1 heterocycles. The summed E-state index contributed by atoms with van der Waals surface area (Å²) in [5, 5.41) is 25.2. The summed E-state index contributed by atoms with van der Waals surface area (Å²) in [5.41, 5.74) is 0.0425. The second-order valence-corrected chi connectivity index (χ2v) is 6.48. The number of ether oxygens (including phenoxy) is 1. The largest absolute Gasteiger partial charge is 0.396 e. The Hall–Kier alpha value is -0.850. The van der Waals surface area contributed by atoms with Crippen molar-refractivity contribution in [2.45, 2.75) is 32.6 Å². The molecule has 0 aromatic carbocycles. The second kappa shape index (κ2) is 7.42. The van der Waals surface area contributed by atoms with E-state index in [-0.39, 0.29) is 24.0 Å². The first-order valence-electron chi connectivity index (χ1n) is 7.99. The Labute approximate surface area is 127 Å². The van der Waals surface area contributed by atoms with Gasteiger partial charge in [-0.2, -0.15) is 0 Å². The number of nitrogens with one attached hydrogen (secondary N) is 2. The average molecular weight is 299 g/mol. The lowest BCUT2D eigenvalue weighted by molar-refractivity contribution is 0.127. The third-order valence-corrected chi connectivity index (χ3v) is 4.67. The fourth-order valence-corrected chi connectivity index (χ4v) is 2.71. The van der Waals surface area contributed by atoms with Gasteiger partial charge < -0.3 is 25.6 Å². The third-order valence-electron chi connectivity index (χ3n) is 4.67. The lowest BCUT2D eigenvalue weighted by Crippen LogP contribution is -2.44. The monoisotopic (exact) mass is 299 g/mol. The summed E-state index contributed by atoms with van der Waals surface area (Å²) < 4.78 is 5.50. The fraction of sp³-hybridized carbons (Fsp3) is 0.933. The molecular formula is C15H29N3O3. The van der Waals surface area contributed by atoms with Crippen molar-refractivity contribution in [2.75, 3.05) is 46.1 Å². The minimum absolute atomic E-state index is 0.0131. The van der Waals surface area contributed by atoms with Gasteiger partial charge in [-0.3, -0.25) is 4.99 Å². The molecule has 0 radical (unpaired) electrons. The summed E-state index contributed by atoms with van der Waals surface area (Å²) in [5.74, 6) is 0.793. The van der Waals surface area contributed by atoms with Crippen molar-refractivity contribution in [2.24, 2.45) is 15.8 Å². The van der Waals surface area contributed by atoms with Gasteiger partial charge in [-0.05, 0) is 32.6 Å². The van der Waals surface area contributed by atoms with Gasteiger partial charge in [-0.15, -0.1) is 0 Å². The predicted octanol–water partition coefficient (Wildman–Crippen LogP) is 0.103. The molecule has 2 rings (SSSR count). The van der Waals surface area contributed by atoms with Crippen molar-refractivity contribution in [1.82, 2.24) is 10.6 Å². The normalized spacial score (nSPS) is 27.7. The Morgan fingerprint density at radius 1 is 1.19 bits per heavy atom. The van der Waals surface area contributed by atoms with E-state index in [4.69, 9.17) is 4.74 Å². The summed E-state index contributed by atoms with van der Waals surface area (Å²) in [7, 11) is 0. The molecule has 0 aromatic rings. The molecule has 6 nitrogen and oxygen atoms in total. The van der Waals surface area contributed by atoms with Crippen LogP contribution < -0.4 is 10.6 Å². The van der Waals surface area contributed by atoms with Gasteiger partial charge in [0.1, 0.15) is 0 Å². The highest BCUT2D eigenvalue weighted by molar-refractivity contribution is 5.79. The highest BCUT2D eigenvalue weighted by atomic mass is 16.5. The van der Waals surface area contributed by atoms with Gasteiger partial charge in [0, 0.05) is 37.1 Å². The summed E-state index contributed by atoms with van der Waals surface area (Å²) in [6, 6.07) is 0. The lowest BCUT2D eigenvalue weighted by Gasteiger charge is -2.27. The molecule has 2 aliphatic rings. The molecule has 122 valence electrons. The summed E-state index contributed by atoms with van der Waals surface area (Å²) >= 11 is 0. The van der Waals surface area contributed by atoms with E-state index in [9.17, 15) is 10.2 Å². The van der Waals surface area contributed by atoms with Gasteiger partial charge in [0.2, 0.25) is 0 Å². The number of nitrogens with zero attached hydrogens (tertiary/aromatic N) is 1. The smallest absolute Gasteiger partial charge is 0.191 e. The van der Waals surface area contributed by atoms with E-state index < -0.39 is 0 Å². The molecule has 21 heavy (non-hydrogen) atoms. The van der Waals surface area contributed by atoms with Crippen molar-refractivity contribution in [1.29, 1.82) is 0 Å². The highest BCUT2D eigenvalue weighted by Gasteiger charge is 2.42. The van der Waals surface area contributed by atoms with Gasteiger partial charge in [0.25, 0.3) is 0 Å². The van der Waals surface area contributed by atoms with E-state index in [2.05, 4.69) is 15.6 Å². The zero-order valence-electron chi connectivity index (χ0n) is 13.0. The van der Waals surface area contributed by atoms with Crippen LogP contribution in [0.5, 0.6) is 0 Å². The van der Waals surface area contributed by atoms with Crippen molar-refractivity contribution >= 4 is 5.96 Å². The van der Waals surface area contributed by atoms with Gasteiger partial charge in [0.05, 0.1) is 19.8 Å². The van der Waals surface area contributed by atoms with E-state index in [0.29, 0.717) is 13.2 Å². The number of hydrogen-bond donors (Lipinski definition) is 4. The first kappa shape index (κ1) is 16.5. The maximum atomic E-state index is 9.36. The van der Waals surface area contributed by atoms with Crippen LogP contribution in [0.15, 0.2) is 4.99 Å². The van der Waals surface area contributed by atoms with Crippen LogP contribution in [-0.4, -0.2) is 62.2 Å². The van der Waals surface area contributed by atoms with Crippen LogP contribution in [0.2, 0.25) is 0 Å². The van der Waals surface area contributed by atoms with E-state index in [1.165, 1.54) is 0 Å². The van der Waals surface area contributed by atoms with Crippen LogP contribution in [0.25, 0.3) is 0 Å². The van der Waals surface area contributed by atoms with Crippen LogP contribution in [0, 0.1) is 10.8 Å². The van der Waals surface area contributed by atoms with E-state index in [0.717, 1.165) is 51.3 Å². The highest BCUT2D eigenvalue weighted by Crippen LogP contribution is 2.45. The molecule has 1 saturated heterocycles. The quantitative estimate of drug-likeness (QED) is 0.377. The van der Waals surface area contributed by atoms with Crippen molar-refractivity contribution in [3.63, 3.8) is 0 Å². The first-order chi connectivity index (χ1) is 10.2. The molecular weight excluding hydrogens is 270 g/mol. The molecule has 1 atom stereocenters. The first-order valence-corrected chi connectivity index (χ1v) is 7.99. The second-order valence-electron chi connectivity index (χ2n) is 6.48. The van der Waals surface area contributed by atoms with Gasteiger partial charge >= 0.3 is 0 Å². The summed E-state index contributed by atoms with van der Waals surface area (Å²) in [4.78, 5) is 4.60. The topological polar surface area (TPSA) is 86.1 Å². The Morgan fingerprint density at radius 3 is 2.52 bits per heavy atom. The molecule has 2 fully saturated rings. The minimum atomic E-state index is 0.0131. The number of rotatable bonds is 8. The van der Waals surface area contributed by atoms with Gasteiger partial charge in [-0.1, -0.05) is 0 Å². The molecule has 0 aromatic heterocycles. The van der Waals surface area contributed by atoms with Crippen LogP contribution in [-0.2, 0) is 4.74 Å². The molecule has 0 amide bonds. The van der Waals surface area contributed by atoms with Crippen LogP contribution in [0.3, 0.4) is 0 Å². The Balaban J connectivity index is 1.88. The number of aliphatic hydroxyl groups is 2. The minimum Gasteiger partial charge on any atom is -0.396 e. The Kier molecular flexibility index (Phi) is 5.84. The summed E-state index contributed by atoms with van der Waals surface area (Å²) in [6.07, 6.45) is 3.85. The number of aliphatic imine (C=N–C) groups is 1. The zero-order chi connectivity index (χ0) is 15.2. The SMILES string of the molecule is CCNC(=NCC1(CO)CC1)NCC1(CCO)CCOC1. The molecule has 0 spiro atoms. The molecule has 0 bridgehead atoms. The summed E-state index contributed by atoms with van der Waals surface area (Å²) in [6.45, 7) is 6.14. The van der Waals surface area contributed by atoms with E-state index in [1.54, 1.807) is 0 Å². The Morgan fingerprint density at radius 2 is 2.00 bits per heavy atom. The van der Waals surface area contributed by atoms with Gasteiger partial charge in [-0.25, -0.2) is 0 Å².